The van der Waals surface area contributed by atoms with Crippen LogP contribution in [0.2, 0.25) is 10.0 Å². The van der Waals surface area contributed by atoms with Crippen LogP contribution in [0.3, 0.4) is 0 Å². The molecule has 12 rings (SSSR count). The van der Waals surface area contributed by atoms with Gasteiger partial charge in [0.15, 0.2) is 0 Å². The average Bonchev–Trinajstić information content (AvgIpc) is 1.53. The molecule has 2 saturated heterocycles. The Kier molecular flexibility index (Phi) is 20.2. The number of ether oxygens (including phenoxy) is 4. The molecule has 22 nitrogen and oxygen atoms in total. The Morgan fingerprint density at radius 1 is 0.583 bits per heavy atom. The van der Waals surface area contributed by atoms with Crippen molar-refractivity contribution >= 4 is 69.0 Å². The van der Waals surface area contributed by atoms with Crippen LogP contribution in [0.15, 0.2) is 122 Å². The van der Waals surface area contributed by atoms with Crippen molar-refractivity contribution in [2.24, 2.45) is 0 Å². The zero-order valence-corrected chi connectivity index (χ0v) is 52.3. The number of amides is 2. The molecule has 2 aliphatic heterocycles. The van der Waals surface area contributed by atoms with Crippen LogP contribution < -0.4 is 20.1 Å². The van der Waals surface area contributed by atoms with Crippen LogP contribution in [0.5, 0.6) is 11.8 Å². The second-order valence-electron chi connectivity index (χ2n) is 22.3. The lowest BCUT2D eigenvalue weighted by Gasteiger charge is -2.27. The number of rotatable bonds is 22. The Labute approximate surface area is 553 Å². The molecule has 96 heavy (non-hydrogen) atoms. The van der Waals surface area contributed by atoms with Crippen molar-refractivity contribution in [3.8, 4) is 46.4 Å². The predicted molar refractivity (Wildman–Crippen MR) is 339 cm³/mol. The van der Waals surface area contributed by atoms with E-state index in [9.17, 15) is 29.4 Å². The molecule has 2 unspecified atom stereocenters. The van der Waals surface area contributed by atoms with Gasteiger partial charge < -0.3 is 48.9 Å². The molecule has 6 aromatic heterocycles. The molecule has 2 fully saturated rings. The summed E-state index contributed by atoms with van der Waals surface area (Å²) in [6.07, 6.45) is 4.11. The van der Waals surface area contributed by atoms with E-state index in [1.165, 1.54) is 74.8 Å². The first-order valence-corrected chi connectivity index (χ1v) is 30.5. The van der Waals surface area contributed by atoms with Crippen LogP contribution in [0.4, 0.5) is 17.6 Å². The number of benzene rings is 4. The lowest BCUT2D eigenvalue weighted by molar-refractivity contribution is -0.0591. The quantitative estimate of drug-likeness (QED) is 0.0458. The van der Waals surface area contributed by atoms with Crippen molar-refractivity contribution < 1.29 is 65.9 Å². The van der Waals surface area contributed by atoms with E-state index in [-0.39, 0.29) is 116 Å². The van der Waals surface area contributed by atoms with Gasteiger partial charge in [0, 0.05) is 72.8 Å². The number of nitrogens with one attached hydrogen (secondary N) is 2. The highest BCUT2D eigenvalue weighted by Crippen LogP contribution is 2.33. The first-order chi connectivity index (χ1) is 46.2. The number of carboxylic acids is 2. The summed E-state index contributed by atoms with van der Waals surface area (Å²) in [6, 6.07) is 27.9. The minimum absolute atomic E-state index is 0.0314. The number of nitrogens with zero attached hydrogens (tertiary/aromatic N) is 10. The molecule has 10 aromatic rings. The molecule has 2 amide bonds. The van der Waals surface area contributed by atoms with E-state index in [1.54, 1.807) is 45.5 Å². The SMILES string of the molecule is C[C@@H](C#N)NC(=O)c1cc(Cl)c(COc2cccc(-c3cc(F)c(Cc4nc5ccc(C(=O)O)cc5n4CC4CCO4)cc3F)n2)cn1.C[C@@H](C#N)NC(=O)c1cc(Cl)c(COc2cccc(-c3cc(F)c(Cc4nc5ccc(C(=O)O)cc5n4CC4CCO4)cc3F)n2)cn1. The fourth-order valence-corrected chi connectivity index (χ4v) is 10.7. The minimum atomic E-state index is -1.08. The number of nitriles is 2. The largest absolute Gasteiger partial charge is 0.478 e. The van der Waals surface area contributed by atoms with Crippen molar-refractivity contribution in [1.29, 1.82) is 10.5 Å². The summed E-state index contributed by atoms with van der Waals surface area (Å²) >= 11 is 12.6. The van der Waals surface area contributed by atoms with E-state index >= 15 is 17.6 Å². The molecule has 28 heteroatoms. The molecule has 0 radical (unpaired) electrons. The summed E-state index contributed by atoms with van der Waals surface area (Å²) in [5, 5.41) is 42.1. The highest BCUT2D eigenvalue weighted by atomic mass is 35.5. The van der Waals surface area contributed by atoms with Gasteiger partial charge in [0.1, 0.15) is 71.6 Å². The zero-order chi connectivity index (χ0) is 67.9. The highest BCUT2D eigenvalue weighted by molar-refractivity contribution is 6.32. The molecule has 0 aliphatic carbocycles. The molecule has 4 aromatic carbocycles. The molecule has 0 saturated carbocycles. The van der Waals surface area contributed by atoms with Gasteiger partial charge in [-0.1, -0.05) is 35.3 Å². The maximum absolute atomic E-state index is 15.6. The van der Waals surface area contributed by atoms with Gasteiger partial charge >= 0.3 is 11.9 Å². The fourth-order valence-electron chi connectivity index (χ4n) is 10.3. The van der Waals surface area contributed by atoms with E-state index in [0.717, 1.165) is 37.1 Å². The van der Waals surface area contributed by atoms with Gasteiger partial charge in [0.05, 0.1) is 92.1 Å². The molecule has 4 N–H and O–H groups in total. The van der Waals surface area contributed by atoms with E-state index in [2.05, 4.69) is 40.5 Å². The Morgan fingerprint density at radius 3 is 1.34 bits per heavy atom. The lowest BCUT2D eigenvalue weighted by Crippen LogP contribution is -2.31. The van der Waals surface area contributed by atoms with Crippen LogP contribution in [-0.4, -0.2) is 111 Å². The number of aromatic carboxylic acids is 2. The Balaban J connectivity index is 0.000000195. The third-order valence-electron chi connectivity index (χ3n) is 15.6. The van der Waals surface area contributed by atoms with Crippen molar-refractivity contribution in [3.63, 3.8) is 0 Å². The smallest absolute Gasteiger partial charge is 0.335 e. The van der Waals surface area contributed by atoms with Gasteiger partial charge in [-0.25, -0.2) is 47.1 Å². The zero-order valence-electron chi connectivity index (χ0n) is 50.8. The van der Waals surface area contributed by atoms with Crippen molar-refractivity contribution in [3.05, 3.63) is 211 Å². The summed E-state index contributed by atoms with van der Waals surface area (Å²) in [5.74, 6) is -4.90. The summed E-state index contributed by atoms with van der Waals surface area (Å²) in [7, 11) is 0. The van der Waals surface area contributed by atoms with E-state index in [4.69, 9.17) is 52.7 Å². The van der Waals surface area contributed by atoms with Gasteiger partial charge in [-0.2, -0.15) is 10.5 Å². The molecule has 488 valence electrons. The van der Waals surface area contributed by atoms with Gasteiger partial charge in [0.25, 0.3) is 11.8 Å². The summed E-state index contributed by atoms with van der Waals surface area (Å²) < 4.78 is 88.5. The highest BCUT2D eigenvalue weighted by Gasteiger charge is 2.27. The van der Waals surface area contributed by atoms with Gasteiger partial charge in [0.2, 0.25) is 11.8 Å². The summed E-state index contributed by atoms with van der Waals surface area (Å²) in [5.41, 5.74) is 3.60. The standard InChI is InChI=1S/2C34H27ClF2N6O5/c2*1-18(14-38)40-33(44)29-13-24(35)21(15-39-29)17-48-32-4-2-3-27(42-32)23-12-25(36)20(9-26(23)37)11-31-41-28-6-5-19(34(45)46)10-30(28)43(31)16-22-7-8-47-22/h2*2-6,9-10,12-13,15,18,22H,7-8,11,16-17H2,1H3,(H,40,44)(H,45,46)/t2*18-,22?/m00/s1. The molecular weight excluding hydrogens is 1290 g/mol. The molecule has 2 aliphatic rings. The topological polar surface area (TPSA) is 304 Å². The third kappa shape index (κ3) is 15.3. The van der Waals surface area contributed by atoms with Crippen molar-refractivity contribution in [2.45, 2.75) is 90.1 Å². The van der Waals surface area contributed by atoms with Crippen LogP contribution in [0.25, 0.3) is 44.6 Å². The number of fused-ring (bicyclic) bond motifs is 2. The number of hydrogen-bond acceptors (Lipinski definition) is 16. The van der Waals surface area contributed by atoms with E-state index in [1.807, 2.05) is 12.1 Å². The van der Waals surface area contributed by atoms with Crippen LogP contribution >= 0.6 is 23.2 Å². The number of carbonyl (C=O) groups is 4. The molecular formula is C68H54Cl2F4N12O10. The lowest BCUT2D eigenvalue weighted by atomic mass is 10.0. The number of carbonyl (C=O) groups excluding carboxylic acids is 2. The monoisotopic (exact) mass is 1340 g/mol. The second-order valence-corrected chi connectivity index (χ2v) is 23.1. The predicted octanol–water partition coefficient (Wildman–Crippen LogP) is 11.4. The molecule has 8 heterocycles. The average molecular weight is 1350 g/mol. The Bertz CT molecular complexity index is 4490. The number of hydrogen-bond donors (Lipinski definition) is 4. The molecule has 0 spiro atoms. The number of carboxylic acid groups (broad SMARTS) is 2. The van der Waals surface area contributed by atoms with E-state index in [0.29, 0.717) is 71.1 Å². The van der Waals surface area contributed by atoms with Crippen LogP contribution in [0.1, 0.15) is 102 Å². The number of imidazole rings is 2. The Hall–Kier alpha value is -10.9. The van der Waals surface area contributed by atoms with E-state index < -0.39 is 59.1 Å². The fraction of sp³-hybridized carbons (Fsp3) is 0.235. The molecule has 0 bridgehead atoms. The first-order valence-electron chi connectivity index (χ1n) is 29.7. The first kappa shape index (κ1) is 66.6. The van der Waals surface area contributed by atoms with Gasteiger partial charge in [-0.05, 0) is 123 Å². The number of halogens is 6. The van der Waals surface area contributed by atoms with Crippen molar-refractivity contribution in [1.82, 2.24) is 49.7 Å². The Morgan fingerprint density at radius 2 is 0.990 bits per heavy atom. The summed E-state index contributed by atoms with van der Waals surface area (Å²) in [6.45, 7) is 4.96. The normalized spacial score (nSPS) is 14.6. The van der Waals surface area contributed by atoms with Crippen LogP contribution in [-0.2, 0) is 48.6 Å². The maximum Gasteiger partial charge on any atom is 0.335 e. The summed E-state index contributed by atoms with van der Waals surface area (Å²) in [4.78, 5) is 73.7. The number of aromatic nitrogens is 8. The van der Waals surface area contributed by atoms with Crippen LogP contribution in [0, 0.1) is 45.9 Å². The van der Waals surface area contributed by atoms with Crippen molar-refractivity contribution in [2.75, 3.05) is 13.2 Å². The third-order valence-corrected chi connectivity index (χ3v) is 16.3. The maximum atomic E-state index is 15.6. The van der Waals surface area contributed by atoms with Gasteiger partial charge in [-0.3, -0.25) is 19.6 Å². The minimum Gasteiger partial charge on any atom is -0.478 e. The molecule has 4 atom stereocenters. The number of pyridine rings is 4. The second kappa shape index (κ2) is 29.2. The van der Waals surface area contributed by atoms with Gasteiger partial charge in [-0.15, -0.1) is 0 Å².